The summed E-state index contributed by atoms with van der Waals surface area (Å²) >= 11 is 1.81. The first-order chi connectivity index (χ1) is 10.1. The SMILES string of the molecule is CCc1nc2c(C)nc(C)cn2c1-c1ccc(CCN)s1. The fourth-order valence-corrected chi connectivity index (χ4v) is 3.77. The van der Waals surface area contributed by atoms with E-state index in [4.69, 9.17) is 10.7 Å². The molecule has 110 valence electrons. The van der Waals surface area contributed by atoms with Crippen LogP contribution >= 0.6 is 11.3 Å². The van der Waals surface area contributed by atoms with Crippen molar-refractivity contribution < 1.29 is 0 Å². The Morgan fingerprint density at radius 2 is 2.05 bits per heavy atom. The summed E-state index contributed by atoms with van der Waals surface area (Å²) in [5.74, 6) is 0. The summed E-state index contributed by atoms with van der Waals surface area (Å²) < 4.78 is 2.19. The average Bonchev–Trinajstić information content (AvgIpc) is 3.03. The van der Waals surface area contributed by atoms with Crippen molar-refractivity contribution in [2.45, 2.75) is 33.6 Å². The number of hydrogen-bond donors (Lipinski definition) is 1. The van der Waals surface area contributed by atoms with Gasteiger partial charge in [0.2, 0.25) is 0 Å². The summed E-state index contributed by atoms with van der Waals surface area (Å²) in [6.45, 7) is 6.88. The molecule has 2 N–H and O–H groups in total. The predicted molar refractivity (Wildman–Crippen MR) is 87.9 cm³/mol. The molecule has 0 atom stereocenters. The van der Waals surface area contributed by atoms with Gasteiger partial charge in [0.25, 0.3) is 0 Å². The smallest absolute Gasteiger partial charge is 0.159 e. The van der Waals surface area contributed by atoms with Gasteiger partial charge in [-0.2, -0.15) is 0 Å². The third-order valence-corrected chi connectivity index (χ3v) is 4.74. The topological polar surface area (TPSA) is 56.2 Å². The first-order valence-electron chi connectivity index (χ1n) is 7.28. The molecule has 4 nitrogen and oxygen atoms in total. The zero-order chi connectivity index (χ0) is 15.0. The van der Waals surface area contributed by atoms with Crippen LogP contribution in [-0.2, 0) is 12.8 Å². The molecular formula is C16H20N4S. The van der Waals surface area contributed by atoms with Gasteiger partial charge in [-0.25, -0.2) is 4.98 Å². The Morgan fingerprint density at radius 1 is 1.24 bits per heavy atom. The van der Waals surface area contributed by atoms with E-state index in [-0.39, 0.29) is 0 Å². The lowest BCUT2D eigenvalue weighted by atomic mass is 10.2. The highest BCUT2D eigenvalue weighted by molar-refractivity contribution is 7.15. The van der Waals surface area contributed by atoms with Crippen molar-refractivity contribution in [1.29, 1.82) is 0 Å². The van der Waals surface area contributed by atoms with Crippen LogP contribution in [0.15, 0.2) is 18.3 Å². The number of hydrogen-bond acceptors (Lipinski definition) is 4. The third-order valence-electron chi connectivity index (χ3n) is 3.59. The van der Waals surface area contributed by atoms with Crippen molar-refractivity contribution in [1.82, 2.24) is 14.4 Å². The second-order valence-electron chi connectivity index (χ2n) is 5.23. The summed E-state index contributed by atoms with van der Waals surface area (Å²) in [5.41, 5.74) is 10.9. The Balaban J connectivity index is 2.23. The Morgan fingerprint density at radius 3 is 2.76 bits per heavy atom. The molecule has 0 aliphatic rings. The van der Waals surface area contributed by atoms with Crippen LogP contribution < -0.4 is 5.73 Å². The van der Waals surface area contributed by atoms with Gasteiger partial charge in [0.1, 0.15) is 0 Å². The number of aromatic nitrogens is 3. The van der Waals surface area contributed by atoms with Crippen LogP contribution in [0.25, 0.3) is 16.2 Å². The number of rotatable bonds is 4. The maximum atomic E-state index is 5.66. The fourth-order valence-electron chi connectivity index (χ4n) is 2.68. The molecule has 0 saturated heterocycles. The van der Waals surface area contributed by atoms with Gasteiger partial charge >= 0.3 is 0 Å². The standard InChI is InChI=1S/C16H20N4S/c1-4-13-15(14-6-5-12(21-14)7-8-17)20-9-10(2)18-11(3)16(20)19-13/h5-6,9H,4,7-8,17H2,1-3H3. The fraction of sp³-hybridized carbons (Fsp3) is 0.375. The second-order valence-corrected chi connectivity index (χ2v) is 6.39. The zero-order valence-electron chi connectivity index (χ0n) is 12.7. The zero-order valence-corrected chi connectivity index (χ0v) is 13.5. The summed E-state index contributed by atoms with van der Waals surface area (Å²) in [6.07, 6.45) is 3.92. The summed E-state index contributed by atoms with van der Waals surface area (Å²) in [4.78, 5) is 11.9. The number of nitrogens with zero attached hydrogens (tertiary/aromatic N) is 3. The monoisotopic (exact) mass is 300 g/mol. The first-order valence-corrected chi connectivity index (χ1v) is 8.10. The van der Waals surface area contributed by atoms with E-state index in [0.29, 0.717) is 6.54 Å². The molecule has 3 rings (SSSR count). The van der Waals surface area contributed by atoms with Crippen molar-refractivity contribution in [2.75, 3.05) is 6.54 Å². The van der Waals surface area contributed by atoms with Crippen LogP contribution in [-0.4, -0.2) is 20.9 Å². The molecule has 0 unspecified atom stereocenters. The van der Waals surface area contributed by atoms with Crippen molar-refractivity contribution >= 4 is 17.0 Å². The molecule has 0 aliphatic carbocycles. The normalized spacial score (nSPS) is 11.4. The van der Waals surface area contributed by atoms with E-state index in [9.17, 15) is 0 Å². The van der Waals surface area contributed by atoms with Crippen molar-refractivity contribution in [3.05, 3.63) is 40.3 Å². The van der Waals surface area contributed by atoms with Crippen LogP contribution in [0, 0.1) is 13.8 Å². The lowest BCUT2D eigenvalue weighted by molar-refractivity contribution is 0.989. The molecule has 0 saturated carbocycles. The molecule has 21 heavy (non-hydrogen) atoms. The number of aryl methyl sites for hydroxylation is 3. The minimum absolute atomic E-state index is 0.690. The Hall–Kier alpha value is -1.72. The maximum Gasteiger partial charge on any atom is 0.159 e. The molecule has 0 aliphatic heterocycles. The van der Waals surface area contributed by atoms with E-state index in [1.807, 2.05) is 25.2 Å². The first kappa shape index (κ1) is 14.2. The highest BCUT2D eigenvalue weighted by Gasteiger charge is 2.16. The molecule has 0 fully saturated rings. The molecule has 3 aromatic rings. The van der Waals surface area contributed by atoms with Gasteiger partial charge in [-0.15, -0.1) is 11.3 Å². The Labute approximate surface area is 128 Å². The second kappa shape index (κ2) is 5.58. The minimum atomic E-state index is 0.690. The van der Waals surface area contributed by atoms with Crippen LogP contribution in [0.2, 0.25) is 0 Å². The van der Waals surface area contributed by atoms with E-state index in [1.54, 1.807) is 0 Å². The van der Waals surface area contributed by atoms with Gasteiger partial charge in [-0.3, -0.25) is 9.38 Å². The van der Waals surface area contributed by atoms with E-state index in [2.05, 4.69) is 34.6 Å². The molecule has 0 amide bonds. The third kappa shape index (κ3) is 2.47. The number of fused-ring (bicyclic) bond motifs is 1. The lowest BCUT2D eigenvalue weighted by Crippen LogP contribution is -2.00. The van der Waals surface area contributed by atoms with Crippen molar-refractivity contribution in [3.63, 3.8) is 0 Å². The molecule has 0 radical (unpaired) electrons. The lowest BCUT2D eigenvalue weighted by Gasteiger charge is -2.04. The molecular weight excluding hydrogens is 280 g/mol. The summed E-state index contributed by atoms with van der Waals surface area (Å²) in [7, 11) is 0. The van der Waals surface area contributed by atoms with Crippen LogP contribution in [0.1, 0.15) is 28.9 Å². The van der Waals surface area contributed by atoms with Crippen LogP contribution in [0.3, 0.4) is 0 Å². The van der Waals surface area contributed by atoms with Gasteiger partial charge in [0.15, 0.2) is 5.65 Å². The minimum Gasteiger partial charge on any atom is -0.330 e. The van der Waals surface area contributed by atoms with E-state index >= 15 is 0 Å². The van der Waals surface area contributed by atoms with E-state index < -0.39 is 0 Å². The Kier molecular flexibility index (Phi) is 3.78. The van der Waals surface area contributed by atoms with Gasteiger partial charge < -0.3 is 5.73 Å². The molecule has 5 heteroatoms. The number of imidazole rings is 1. The van der Waals surface area contributed by atoms with E-state index in [0.717, 1.165) is 35.6 Å². The summed E-state index contributed by atoms with van der Waals surface area (Å²) in [5, 5.41) is 0. The number of thiophene rings is 1. The van der Waals surface area contributed by atoms with Gasteiger partial charge in [-0.05, 0) is 45.4 Å². The highest BCUT2D eigenvalue weighted by Crippen LogP contribution is 2.32. The quantitative estimate of drug-likeness (QED) is 0.805. The molecule has 3 aromatic heterocycles. The van der Waals surface area contributed by atoms with Crippen LogP contribution in [0.4, 0.5) is 0 Å². The van der Waals surface area contributed by atoms with Crippen molar-refractivity contribution in [2.24, 2.45) is 5.73 Å². The van der Waals surface area contributed by atoms with Gasteiger partial charge in [0, 0.05) is 11.1 Å². The van der Waals surface area contributed by atoms with Gasteiger partial charge in [0.05, 0.1) is 27.7 Å². The predicted octanol–water partition coefficient (Wildman–Crippen LogP) is 3.14. The van der Waals surface area contributed by atoms with Gasteiger partial charge in [-0.1, -0.05) is 6.92 Å². The maximum absolute atomic E-state index is 5.66. The largest absolute Gasteiger partial charge is 0.330 e. The van der Waals surface area contributed by atoms with Crippen molar-refractivity contribution in [3.8, 4) is 10.6 Å². The van der Waals surface area contributed by atoms with E-state index in [1.165, 1.54) is 15.4 Å². The molecule has 0 aromatic carbocycles. The highest BCUT2D eigenvalue weighted by atomic mass is 32.1. The molecule has 0 bridgehead atoms. The molecule has 3 heterocycles. The number of nitrogens with two attached hydrogens (primary N) is 1. The Bertz CT molecular complexity index is 785. The summed E-state index contributed by atoms with van der Waals surface area (Å²) in [6, 6.07) is 4.36. The molecule has 0 spiro atoms. The average molecular weight is 300 g/mol. The van der Waals surface area contributed by atoms with Crippen LogP contribution in [0.5, 0.6) is 0 Å².